The number of carbonyl (C=O) groups is 1. The van der Waals surface area contributed by atoms with Gasteiger partial charge in [-0.3, -0.25) is 4.68 Å². The molecular formula is C9H10N4O4S2. The Morgan fingerprint density at radius 1 is 1.53 bits per heavy atom. The van der Waals surface area contributed by atoms with Crippen molar-refractivity contribution >= 4 is 27.3 Å². The van der Waals surface area contributed by atoms with Crippen LogP contribution in [-0.4, -0.2) is 34.3 Å². The van der Waals surface area contributed by atoms with Crippen molar-refractivity contribution in [2.75, 3.05) is 0 Å². The zero-order valence-electron chi connectivity index (χ0n) is 9.77. The second-order valence-electron chi connectivity index (χ2n) is 3.58. The average molecular weight is 302 g/mol. The maximum atomic E-state index is 11.9. The molecule has 0 aliphatic rings. The van der Waals surface area contributed by atoms with E-state index in [4.69, 9.17) is 5.11 Å². The Hall–Kier alpha value is -1.78. The van der Waals surface area contributed by atoms with Crippen molar-refractivity contribution in [1.29, 1.82) is 0 Å². The zero-order valence-corrected chi connectivity index (χ0v) is 11.4. The fourth-order valence-corrected chi connectivity index (χ4v) is 3.44. The van der Waals surface area contributed by atoms with E-state index in [0.717, 1.165) is 0 Å². The van der Waals surface area contributed by atoms with Crippen LogP contribution >= 0.6 is 11.3 Å². The second kappa shape index (κ2) is 5.07. The number of sulfonamides is 1. The van der Waals surface area contributed by atoms with Gasteiger partial charge in [-0.25, -0.2) is 22.9 Å². The fourth-order valence-electron chi connectivity index (χ4n) is 1.28. The van der Waals surface area contributed by atoms with E-state index in [2.05, 4.69) is 14.8 Å². The molecular weight excluding hydrogens is 292 g/mol. The molecule has 0 bridgehead atoms. The summed E-state index contributed by atoms with van der Waals surface area (Å²) in [6.07, 6.45) is 1.46. The van der Waals surface area contributed by atoms with Gasteiger partial charge < -0.3 is 5.11 Å². The number of carboxylic acid groups (broad SMARTS) is 1. The van der Waals surface area contributed by atoms with Crippen molar-refractivity contribution in [1.82, 2.24) is 19.5 Å². The lowest BCUT2D eigenvalue weighted by Crippen LogP contribution is -2.23. The minimum Gasteiger partial charge on any atom is -0.477 e. The molecule has 0 spiro atoms. The molecule has 0 aliphatic carbocycles. The third-order valence-electron chi connectivity index (χ3n) is 2.12. The summed E-state index contributed by atoms with van der Waals surface area (Å²) >= 11 is 0.692. The van der Waals surface area contributed by atoms with E-state index < -0.39 is 16.0 Å². The van der Waals surface area contributed by atoms with Crippen LogP contribution in [0, 0.1) is 0 Å². The number of thiophene rings is 1. The maximum absolute atomic E-state index is 11.9. The van der Waals surface area contributed by atoms with Crippen molar-refractivity contribution in [3.63, 3.8) is 0 Å². The maximum Gasteiger partial charge on any atom is 0.345 e. The van der Waals surface area contributed by atoms with E-state index in [1.54, 1.807) is 7.05 Å². The molecule has 8 nitrogen and oxygen atoms in total. The van der Waals surface area contributed by atoms with Crippen molar-refractivity contribution in [2.24, 2.45) is 7.05 Å². The van der Waals surface area contributed by atoms with Crippen LogP contribution in [0.3, 0.4) is 0 Å². The molecule has 0 aromatic carbocycles. The molecule has 2 N–H and O–H groups in total. The van der Waals surface area contributed by atoms with Crippen LogP contribution < -0.4 is 4.72 Å². The third-order valence-corrected chi connectivity index (χ3v) is 5.09. The Balaban J connectivity index is 2.11. The zero-order chi connectivity index (χ0) is 14.0. The molecule has 2 rings (SSSR count). The van der Waals surface area contributed by atoms with Crippen molar-refractivity contribution in [2.45, 2.75) is 10.8 Å². The Labute approximate surface area is 112 Å². The summed E-state index contributed by atoms with van der Waals surface area (Å²) in [4.78, 5) is 14.5. The first-order chi connectivity index (χ1) is 8.88. The minimum atomic E-state index is -3.75. The molecule has 0 saturated heterocycles. The minimum absolute atomic E-state index is 0.0312. The van der Waals surface area contributed by atoms with Gasteiger partial charge in [0, 0.05) is 7.05 Å². The topological polar surface area (TPSA) is 114 Å². The molecule has 0 saturated carbocycles. The normalized spacial score (nSPS) is 11.6. The molecule has 0 amide bonds. The summed E-state index contributed by atoms with van der Waals surface area (Å²) in [6.45, 7) is -0.0521. The lowest BCUT2D eigenvalue weighted by Gasteiger charge is -2.01. The number of aromatic nitrogens is 3. The highest BCUT2D eigenvalue weighted by atomic mass is 32.2. The molecule has 0 radical (unpaired) electrons. The van der Waals surface area contributed by atoms with Crippen LogP contribution in [0.1, 0.15) is 15.5 Å². The highest BCUT2D eigenvalue weighted by Crippen LogP contribution is 2.21. The number of nitrogens with zero attached hydrogens (tertiary/aromatic N) is 3. The van der Waals surface area contributed by atoms with Gasteiger partial charge in [-0.05, 0) is 12.1 Å². The highest BCUT2D eigenvalue weighted by Gasteiger charge is 2.19. The number of carboxylic acids is 1. The van der Waals surface area contributed by atoms with Gasteiger partial charge in [0.2, 0.25) is 10.0 Å². The molecule has 102 valence electrons. The highest BCUT2D eigenvalue weighted by molar-refractivity contribution is 7.91. The van der Waals surface area contributed by atoms with Gasteiger partial charge in [-0.15, -0.1) is 11.3 Å². The van der Waals surface area contributed by atoms with Gasteiger partial charge in [0.05, 0.1) is 6.54 Å². The lowest BCUT2D eigenvalue weighted by molar-refractivity contribution is 0.0702. The molecule has 2 aromatic rings. The summed E-state index contributed by atoms with van der Waals surface area (Å²) in [7, 11) is -2.08. The van der Waals surface area contributed by atoms with Crippen LogP contribution in [0.4, 0.5) is 0 Å². The SMILES string of the molecule is Cn1cnc(CNS(=O)(=O)c2ccc(C(=O)O)s2)n1. The van der Waals surface area contributed by atoms with Gasteiger partial charge in [0.25, 0.3) is 0 Å². The van der Waals surface area contributed by atoms with Gasteiger partial charge in [0.1, 0.15) is 15.4 Å². The molecule has 0 unspecified atom stereocenters. The third kappa shape index (κ3) is 3.16. The van der Waals surface area contributed by atoms with Crippen LogP contribution in [0.5, 0.6) is 0 Å². The van der Waals surface area contributed by atoms with Crippen LogP contribution in [-0.2, 0) is 23.6 Å². The number of aryl methyl sites for hydroxylation is 1. The Bertz CT molecular complexity index is 703. The Kier molecular flexibility index (Phi) is 3.64. The van der Waals surface area contributed by atoms with Gasteiger partial charge in [0.15, 0.2) is 5.82 Å². The van der Waals surface area contributed by atoms with E-state index in [0.29, 0.717) is 17.2 Å². The van der Waals surface area contributed by atoms with Crippen LogP contribution in [0.15, 0.2) is 22.7 Å². The van der Waals surface area contributed by atoms with Crippen molar-refractivity contribution in [3.8, 4) is 0 Å². The quantitative estimate of drug-likeness (QED) is 0.807. The molecule has 0 fully saturated rings. The van der Waals surface area contributed by atoms with Crippen LogP contribution in [0.2, 0.25) is 0 Å². The number of hydrogen-bond acceptors (Lipinski definition) is 6. The number of aromatic carboxylic acids is 1. The van der Waals surface area contributed by atoms with Crippen molar-refractivity contribution in [3.05, 3.63) is 29.2 Å². The number of nitrogens with one attached hydrogen (secondary N) is 1. The largest absolute Gasteiger partial charge is 0.477 e. The predicted molar refractivity (Wildman–Crippen MR) is 66.3 cm³/mol. The fraction of sp³-hybridized carbons (Fsp3) is 0.222. The molecule has 19 heavy (non-hydrogen) atoms. The number of rotatable bonds is 5. The van der Waals surface area contributed by atoms with Crippen molar-refractivity contribution < 1.29 is 18.3 Å². The van der Waals surface area contributed by atoms with E-state index >= 15 is 0 Å². The summed E-state index contributed by atoms with van der Waals surface area (Å²) in [5.41, 5.74) is 0. The summed E-state index contributed by atoms with van der Waals surface area (Å²) in [5, 5.41) is 12.7. The van der Waals surface area contributed by atoms with E-state index in [1.165, 1.54) is 23.1 Å². The molecule has 0 atom stereocenters. The first-order valence-electron chi connectivity index (χ1n) is 5.06. The standard InChI is InChI=1S/C9H10N4O4S2/c1-13-5-10-7(12-13)4-11-19(16,17)8-3-2-6(18-8)9(14)15/h2-3,5,11H,4H2,1H3,(H,14,15). The number of hydrogen-bond donors (Lipinski definition) is 2. The second-order valence-corrected chi connectivity index (χ2v) is 6.66. The van der Waals surface area contributed by atoms with E-state index in [1.807, 2.05) is 0 Å². The van der Waals surface area contributed by atoms with Gasteiger partial charge in [-0.1, -0.05) is 0 Å². The summed E-state index contributed by atoms with van der Waals surface area (Å²) in [5.74, 6) is -0.820. The molecule has 0 aliphatic heterocycles. The van der Waals surface area contributed by atoms with Crippen LogP contribution in [0.25, 0.3) is 0 Å². The van der Waals surface area contributed by atoms with Gasteiger partial charge in [-0.2, -0.15) is 5.10 Å². The first-order valence-corrected chi connectivity index (χ1v) is 7.36. The lowest BCUT2D eigenvalue weighted by atomic mass is 10.5. The molecule has 10 heteroatoms. The first kappa shape index (κ1) is 13.6. The summed E-state index contributed by atoms with van der Waals surface area (Å²) in [6, 6.07) is 2.50. The smallest absolute Gasteiger partial charge is 0.345 e. The predicted octanol–water partition coefficient (Wildman–Crippen LogP) is 0.0533. The Morgan fingerprint density at radius 3 is 2.79 bits per heavy atom. The van der Waals surface area contributed by atoms with E-state index in [9.17, 15) is 13.2 Å². The summed E-state index contributed by atoms with van der Waals surface area (Å²) < 4.78 is 27.5. The monoisotopic (exact) mass is 302 g/mol. The molecule has 2 aromatic heterocycles. The molecule has 2 heterocycles. The average Bonchev–Trinajstić information content (AvgIpc) is 2.95. The van der Waals surface area contributed by atoms with E-state index in [-0.39, 0.29) is 15.6 Å². The van der Waals surface area contributed by atoms with Gasteiger partial charge >= 0.3 is 5.97 Å². The Morgan fingerprint density at radius 2 is 2.26 bits per heavy atom.